The van der Waals surface area contributed by atoms with Crippen LogP contribution in [0.4, 0.5) is 4.39 Å². The fourth-order valence-electron chi connectivity index (χ4n) is 4.35. The van der Waals surface area contributed by atoms with Gasteiger partial charge in [0.2, 0.25) is 5.91 Å². The number of aryl methyl sites for hydroxylation is 1. The summed E-state index contributed by atoms with van der Waals surface area (Å²) in [4.78, 5) is 14.8. The van der Waals surface area contributed by atoms with Crippen molar-refractivity contribution in [3.63, 3.8) is 0 Å². The Bertz CT molecular complexity index is 758. The van der Waals surface area contributed by atoms with Gasteiger partial charge in [-0.15, -0.1) is 0 Å². The van der Waals surface area contributed by atoms with Crippen molar-refractivity contribution in [2.45, 2.75) is 45.1 Å². The van der Waals surface area contributed by atoms with Gasteiger partial charge in [0.05, 0.1) is 0 Å². The van der Waals surface area contributed by atoms with E-state index in [0.29, 0.717) is 12.5 Å². The summed E-state index contributed by atoms with van der Waals surface area (Å²) in [5.41, 5.74) is 3.44. The molecule has 0 unspecified atom stereocenters. The van der Waals surface area contributed by atoms with E-state index in [4.69, 9.17) is 0 Å². The van der Waals surface area contributed by atoms with Crippen molar-refractivity contribution in [2.24, 2.45) is 13.0 Å². The predicted molar refractivity (Wildman–Crippen MR) is 88.6 cm³/mol. The van der Waals surface area contributed by atoms with Crippen molar-refractivity contribution in [1.29, 1.82) is 0 Å². The zero-order chi connectivity index (χ0) is 16.0. The lowest BCUT2D eigenvalue weighted by Crippen LogP contribution is -2.40. The molecule has 0 spiro atoms. The number of fused-ring (bicyclic) bond motifs is 3. The van der Waals surface area contributed by atoms with E-state index in [1.807, 2.05) is 18.0 Å². The van der Waals surface area contributed by atoms with Crippen LogP contribution in [0.2, 0.25) is 0 Å². The quantitative estimate of drug-likeness (QED) is 0.786. The molecular weight excluding hydrogens is 291 g/mol. The fourth-order valence-corrected chi connectivity index (χ4v) is 4.35. The highest BCUT2D eigenvalue weighted by atomic mass is 19.1. The molecule has 1 saturated carbocycles. The molecule has 0 bridgehead atoms. The van der Waals surface area contributed by atoms with Crippen LogP contribution < -0.4 is 0 Å². The first kappa shape index (κ1) is 14.7. The lowest BCUT2D eigenvalue weighted by Gasteiger charge is -2.32. The largest absolute Gasteiger partial charge is 0.347 e. The number of carbonyl (C=O) groups is 1. The number of carbonyl (C=O) groups excluding carboxylic acids is 1. The molecule has 2 aliphatic rings. The summed E-state index contributed by atoms with van der Waals surface area (Å²) in [6, 6.07) is 4.97. The average Bonchev–Trinajstić information content (AvgIpc) is 2.87. The maximum Gasteiger partial charge on any atom is 0.225 e. The molecule has 3 nitrogen and oxygen atoms in total. The van der Waals surface area contributed by atoms with Gasteiger partial charge in [-0.2, -0.15) is 0 Å². The lowest BCUT2D eigenvalue weighted by atomic mass is 9.87. The summed E-state index contributed by atoms with van der Waals surface area (Å²) in [5.74, 6) is 0.308. The van der Waals surface area contributed by atoms with Crippen molar-refractivity contribution >= 4 is 16.8 Å². The number of hydrogen-bond acceptors (Lipinski definition) is 1. The molecular formula is C19H23FN2O. The number of rotatable bonds is 1. The van der Waals surface area contributed by atoms with Crippen molar-refractivity contribution in [2.75, 3.05) is 6.54 Å². The van der Waals surface area contributed by atoms with Gasteiger partial charge in [0.25, 0.3) is 0 Å². The van der Waals surface area contributed by atoms with E-state index >= 15 is 0 Å². The topological polar surface area (TPSA) is 25.2 Å². The minimum Gasteiger partial charge on any atom is -0.347 e. The first-order chi connectivity index (χ1) is 11.1. The Kier molecular flexibility index (Phi) is 3.63. The lowest BCUT2D eigenvalue weighted by molar-refractivity contribution is -0.137. The molecule has 0 atom stereocenters. The number of amides is 1. The number of benzene rings is 1. The van der Waals surface area contributed by atoms with Gasteiger partial charge in [-0.25, -0.2) is 4.39 Å². The highest BCUT2D eigenvalue weighted by Gasteiger charge is 2.30. The van der Waals surface area contributed by atoms with Crippen LogP contribution in [0.5, 0.6) is 0 Å². The van der Waals surface area contributed by atoms with Crippen LogP contribution in [0.15, 0.2) is 18.2 Å². The molecule has 1 aliphatic carbocycles. The highest BCUT2D eigenvalue weighted by molar-refractivity contribution is 5.87. The van der Waals surface area contributed by atoms with Gasteiger partial charge in [0, 0.05) is 54.6 Å². The molecule has 1 amide bonds. The van der Waals surface area contributed by atoms with Crippen LogP contribution in [-0.4, -0.2) is 21.9 Å². The Labute approximate surface area is 136 Å². The maximum atomic E-state index is 13.7. The second-order valence-corrected chi connectivity index (χ2v) is 6.99. The van der Waals surface area contributed by atoms with E-state index in [1.165, 1.54) is 31.0 Å². The van der Waals surface area contributed by atoms with Gasteiger partial charge < -0.3 is 9.47 Å². The van der Waals surface area contributed by atoms with Crippen molar-refractivity contribution < 1.29 is 9.18 Å². The van der Waals surface area contributed by atoms with Crippen LogP contribution in [0.25, 0.3) is 10.9 Å². The third-order valence-electron chi connectivity index (χ3n) is 5.63. The predicted octanol–water partition coefficient (Wildman–Crippen LogP) is 3.78. The van der Waals surface area contributed by atoms with Crippen LogP contribution in [0.1, 0.15) is 43.4 Å². The summed E-state index contributed by atoms with van der Waals surface area (Å²) in [5, 5.41) is 0.962. The smallest absolute Gasteiger partial charge is 0.225 e. The summed E-state index contributed by atoms with van der Waals surface area (Å²) < 4.78 is 15.8. The molecule has 0 saturated heterocycles. The molecule has 1 aromatic carbocycles. The summed E-state index contributed by atoms with van der Waals surface area (Å²) in [7, 11) is 2.04. The molecule has 1 fully saturated rings. The number of aromatic nitrogens is 1. The monoisotopic (exact) mass is 314 g/mol. The Balaban J connectivity index is 1.66. The average molecular weight is 314 g/mol. The standard InChI is InChI=1S/C19H23FN2O/c1-21-17-8-7-14(20)11-15(17)16-12-22(10-9-18(16)21)19(23)13-5-3-2-4-6-13/h7-8,11,13H,2-6,9-10,12H2,1H3. The molecule has 2 aromatic rings. The van der Waals surface area contributed by atoms with E-state index < -0.39 is 0 Å². The fraction of sp³-hybridized carbons (Fsp3) is 0.526. The Morgan fingerprint density at radius 3 is 2.78 bits per heavy atom. The highest BCUT2D eigenvalue weighted by Crippen LogP contribution is 2.33. The van der Waals surface area contributed by atoms with Gasteiger partial charge in [-0.1, -0.05) is 19.3 Å². The molecule has 23 heavy (non-hydrogen) atoms. The van der Waals surface area contributed by atoms with Gasteiger partial charge >= 0.3 is 0 Å². The maximum absolute atomic E-state index is 13.7. The molecule has 4 rings (SSSR count). The van der Waals surface area contributed by atoms with Gasteiger partial charge in [-0.3, -0.25) is 4.79 Å². The Morgan fingerprint density at radius 2 is 2.00 bits per heavy atom. The zero-order valence-corrected chi connectivity index (χ0v) is 13.6. The van der Waals surface area contributed by atoms with Crippen LogP contribution in [0.3, 0.4) is 0 Å². The van der Waals surface area contributed by atoms with Crippen molar-refractivity contribution in [1.82, 2.24) is 9.47 Å². The van der Waals surface area contributed by atoms with E-state index in [0.717, 1.165) is 42.3 Å². The molecule has 2 heterocycles. The van der Waals surface area contributed by atoms with Crippen LogP contribution in [-0.2, 0) is 24.8 Å². The molecule has 0 N–H and O–H groups in total. The summed E-state index contributed by atoms with van der Waals surface area (Å²) >= 11 is 0. The molecule has 1 aromatic heterocycles. The molecule has 0 radical (unpaired) electrons. The van der Waals surface area contributed by atoms with E-state index in [2.05, 4.69) is 4.57 Å². The zero-order valence-electron chi connectivity index (χ0n) is 13.6. The van der Waals surface area contributed by atoms with Crippen molar-refractivity contribution in [3.8, 4) is 0 Å². The Morgan fingerprint density at radius 1 is 1.22 bits per heavy atom. The molecule has 4 heteroatoms. The first-order valence-corrected chi connectivity index (χ1v) is 8.69. The van der Waals surface area contributed by atoms with Crippen LogP contribution in [0, 0.1) is 11.7 Å². The van der Waals surface area contributed by atoms with Crippen LogP contribution >= 0.6 is 0 Å². The van der Waals surface area contributed by atoms with E-state index in [-0.39, 0.29) is 11.7 Å². The second-order valence-electron chi connectivity index (χ2n) is 6.99. The first-order valence-electron chi connectivity index (χ1n) is 8.69. The van der Waals surface area contributed by atoms with Gasteiger partial charge in [0.1, 0.15) is 5.82 Å². The molecule has 122 valence electrons. The normalized spacial score (nSPS) is 19.1. The third-order valence-corrected chi connectivity index (χ3v) is 5.63. The SMILES string of the molecule is Cn1c2c(c3cc(F)ccc31)CN(C(=O)C1CCCCC1)CC2. The van der Waals surface area contributed by atoms with Gasteiger partial charge in [0.15, 0.2) is 0 Å². The number of nitrogens with zero attached hydrogens (tertiary/aromatic N) is 2. The number of hydrogen-bond donors (Lipinski definition) is 0. The molecule has 1 aliphatic heterocycles. The number of halogens is 1. The Hall–Kier alpha value is -1.84. The minimum absolute atomic E-state index is 0.206. The minimum atomic E-state index is -0.207. The summed E-state index contributed by atoms with van der Waals surface area (Å²) in [6.07, 6.45) is 6.54. The van der Waals surface area contributed by atoms with E-state index in [1.54, 1.807) is 6.07 Å². The van der Waals surface area contributed by atoms with Crippen molar-refractivity contribution in [3.05, 3.63) is 35.3 Å². The van der Waals surface area contributed by atoms with Gasteiger partial charge in [-0.05, 0) is 31.0 Å². The summed E-state index contributed by atoms with van der Waals surface area (Å²) in [6.45, 7) is 1.42. The second kappa shape index (κ2) is 5.66. The third kappa shape index (κ3) is 2.44. The van der Waals surface area contributed by atoms with E-state index in [9.17, 15) is 9.18 Å².